The van der Waals surface area contributed by atoms with Gasteiger partial charge in [0.15, 0.2) is 0 Å². The van der Waals surface area contributed by atoms with Crippen molar-refractivity contribution in [1.82, 2.24) is 4.98 Å². The van der Waals surface area contributed by atoms with Crippen LogP contribution in [0.2, 0.25) is 0 Å². The molecule has 0 aliphatic heterocycles. The molecule has 12 heteroatoms. The topological polar surface area (TPSA) is 92.6 Å². The lowest BCUT2D eigenvalue weighted by molar-refractivity contribution is -0.376. The number of primary amides is 1. The van der Waals surface area contributed by atoms with Crippen LogP contribution in [0.4, 0.5) is 32.0 Å². The van der Waals surface area contributed by atoms with Crippen LogP contribution < -0.4 is 10.6 Å². The maximum Gasteiger partial charge on any atom is 0.430 e. The molecule has 194 valence electrons. The van der Waals surface area contributed by atoms with Crippen LogP contribution in [0.1, 0.15) is 41.2 Å². The number of aliphatic hydroxyl groups is 1. The Morgan fingerprint density at radius 1 is 1.03 bits per heavy atom. The van der Waals surface area contributed by atoms with Crippen molar-refractivity contribution in [1.29, 1.82) is 0 Å². The van der Waals surface area contributed by atoms with Gasteiger partial charge in [-0.3, -0.25) is 4.79 Å². The first kappa shape index (κ1) is 27.1. The minimum absolute atomic E-state index is 0.140. The Hall–Kier alpha value is -3.54. The van der Waals surface area contributed by atoms with E-state index in [1.807, 2.05) is 6.92 Å². The molecule has 36 heavy (non-hydrogen) atoms. The molecule has 0 fully saturated rings. The minimum Gasteiger partial charge on any atom is -0.441 e. The molecule has 0 atom stereocenters. The highest BCUT2D eigenvalue weighted by Crippen LogP contribution is 2.50. The Labute approximate surface area is 202 Å². The van der Waals surface area contributed by atoms with E-state index in [0.29, 0.717) is 47.8 Å². The monoisotopic (exact) mass is 515 g/mol. The smallest absolute Gasteiger partial charge is 0.430 e. The van der Waals surface area contributed by atoms with Crippen LogP contribution in [0.25, 0.3) is 11.5 Å². The molecule has 0 aliphatic carbocycles. The fraction of sp³-hybridized carbons (Fsp3) is 0.333. The van der Waals surface area contributed by atoms with Crippen molar-refractivity contribution in [2.75, 3.05) is 11.4 Å². The van der Waals surface area contributed by atoms with Crippen LogP contribution in [0.15, 0.2) is 52.9 Å². The van der Waals surface area contributed by atoms with Crippen LogP contribution in [-0.2, 0) is 18.6 Å². The van der Waals surface area contributed by atoms with E-state index in [1.165, 1.54) is 12.1 Å². The van der Waals surface area contributed by atoms with Gasteiger partial charge in [0.05, 0.1) is 6.54 Å². The van der Waals surface area contributed by atoms with E-state index in [2.05, 4.69) is 4.98 Å². The highest BCUT2D eigenvalue weighted by Gasteiger charge is 2.71. The summed E-state index contributed by atoms with van der Waals surface area (Å²) in [4.78, 5) is 17.6. The van der Waals surface area contributed by atoms with Gasteiger partial charge in [0.2, 0.25) is 11.8 Å². The van der Waals surface area contributed by atoms with Gasteiger partial charge in [0.1, 0.15) is 11.5 Å². The van der Waals surface area contributed by atoms with Crippen molar-refractivity contribution >= 4 is 11.6 Å². The summed E-state index contributed by atoms with van der Waals surface area (Å²) < 4.78 is 84.8. The number of amides is 1. The summed E-state index contributed by atoms with van der Waals surface area (Å²) >= 11 is 0. The first-order chi connectivity index (χ1) is 16.7. The van der Waals surface area contributed by atoms with Crippen molar-refractivity contribution in [3.63, 3.8) is 0 Å². The molecule has 0 aliphatic rings. The molecule has 3 N–H and O–H groups in total. The van der Waals surface area contributed by atoms with E-state index in [0.717, 1.165) is 12.1 Å². The molecular formula is C24H23F6N3O3. The number of halogens is 6. The second-order valence-electron chi connectivity index (χ2n) is 7.95. The number of nitrogens with zero attached hydrogens (tertiary/aromatic N) is 2. The van der Waals surface area contributed by atoms with Crippen LogP contribution in [0, 0.1) is 0 Å². The van der Waals surface area contributed by atoms with E-state index in [1.54, 1.807) is 24.0 Å². The van der Waals surface area contributed by atoms with Crippen molar-refractivity contribution in [2.24, 2.45) is 5.73 Å². The van der Waals surface area contributed by atoms with Crippen LogP contribution in [-0.4, -0.2) is 34.9 Å². The van der Waals surface area contributed by atoms with Crippen molar-refractivity contribution in [2.45, 2.75) is 44.8 Å². The minimum atomic E-state index is -5.96. The van der Waals surface area contributed by atoms with Crippen LogP contribution in [0.3, 0.4) is 0 Å². The second kappa shape index (κ2) is 9.84. The highest BCUT2D eigenvalue weighted by molar-refractivity contribution is 5.93. The molecule has 0 bridgehead atoms. The zero-order chi connectivity index (χ0) is 26.9. The molecule has 6 nitrogen and oxygen atoms in total. The van der Waals surface area contributed by atoms with E-state index >= 15 is 0 Å². The number of aryl methyl sites for hydroxylation is 1. The van der Waals surface area contributed by atoms with Gasteiger partial charge in [-0.05, 0) is 37.3 Å². The number of oxazole rings is 1. The largest absolute Gasteiger partial charge is 0.441 e. The third-order valence-corrected chi connectivity index (χ3v) is 5.69. The van der Waals surface area contributed by atoms with Gasteiger partial charge in [-0.15, -0.1) is 0 Å². The normalized spacial score (nSPS) is 12.6. The number of hydrogen-bond donors (Lipinski definition) is 2. The number of carbonyl (C=O) groups excluding carboxylic acids is 1. The number of alkyl halides is 6. The number of anilines is 1. The van der Waals surface area contributed by atoms with Crippen molar-refractivity contribution in [3.05, 3.63) is 71.1 Å². The molecule has 0 unspecified atom stereocenters. The van der Waals surface area contributed by atoms with Crippen molar-refractivity contribution < 1.29 is 40.7 Å². The predicted octanol–water partition coefficient (Wildman–Crippen LogP) is 5.34. The first-order valence-electron chi connectivity index (χ1n) is 10.8. The van der Waals surface area contributed by atoms with Gasteiger partial charge in [0.25, 0.3) is 5.60 Å². The van der Waals surface area contributed by atoms with Crippen molar-refractivity contribution in [3.8, 4) is 11.5 Å². The molecule has 0 radical (unpaired) electrons. The quantitative estimate of drug-likeness (QED) is 0.395. The first-order valence-corrected chi connectivity index (χ1v) is 10.8. The summed E-state index contributed by atoms with van der Waals surface area (Å²) in [5.74, 6) is 0.132. The average Bonchev–Trinajstić information content (AvgIpc) is 3.23. The molecule has 2 aromatic carbocycles. The summed E-state index contributed by atoms with van der Waals surface area (Å²) in [5, 5.41) is 9.60. The Morgan fingerprint density at radius 2 is 1.64 bits per heavy atom. The molecule has 1 heterocycles. The summed E-state index contributed by atoms with van der Waals surface area (Å²) in [7, 11) is 0. The number of benzene rings is 2. The van der Waals surface area contributed by atoms with Gasteiger partial charge in [-0.25, -0.2) is 4.98 Å². The third kappa shape index (κ3) is 5.03. The number of hydrogen-bond acceptors (Lipinski definition) is 5. The van der Waals surface area contributed by atoms with Gasteiger partial charge >= 0.3 is 12.4 Å². The molecule has 1 aromatic heterocycles. The Kier molecular flexibility index (Phi) is 7.40. The molecule has 3 aromatic rings. The van der Waals surface area contributed by atoms with Gasteiger partial charge < -0.3 is 20.2 Å². The molecule has 1 amide bonds. The van der Waals surface area contributed by atoms with Crippen LogP contribution >= 0.6 is 0 Å². The van der Waals surface area contributed by atoms with E-state index in [-0.39, 0.29) is 18.0 Å². The molecular weight excluding hydrogens is 492 g/mol. The molecule has 3 rings (SSSR count). The van der Waals surface area contributed by atoms with Crippen LogP contribution in [0.5, 0.6) is 0 Å². The lowest BCUT2D eigenvalue weighted by atomic mass is 9.92. The SMILES string of the molecule is CCc1oc(-c2cccc(C(N)=O)c2)nc1CN(CC)c1ccc(C(O)(C(F)(F)F)C(F)(F)F)cc1. The van der Waals surface area contributed by atoms with Gasteiger partial charge in [0, 0.05) is 35.3 Å². The fourth-order valence-corrected chi connectivity index (χ4v) is 3.68. The van der Waals surface area contributed by atoms with Gasteiger partial charge in [-0.2, -0.15) is 26.3 Å². The molecule has 0 spiro atoms. The Balaban J connectivity index is 1.92. The Bertz CT molecular complexity index is 1210. The number of rotatable bonds is 8. The number of aromatic nitrogens is 1. The maximum absolute atomic E-state index is 13.2. The molecule has 0 saturated heterocycles. The highest BCUT2D eigenvalue weighted by atomic mass is 19.4. The second-order valence-corrected chi connectivity index (χ2v) is 7.95. The standard InChI is InChI=1S/C24H23F6N3O3/c1-3-19-18(32-21(36-19)15-7-5-6-14(12-15)20(31)34)13-33(4-2)17-10-8-16(9-11-17)22(35,23(25,26)27)24(28,29)30/h5-12,35H,3-4,13H2,1-2H3,(H2,31,34). The number of carbonyl (C=O) groups is 1. The Morgan fingerprint density at radius 3 is 2.14 bits per heavy atom. The third-order valence-electron chi connectivity index (χ3n) is 5.69. The lowest BCUT2D eigenvalue weighted by Crippen LogP contribution is -2.53. The fourth-order valence-electron chi connectivity index (χ4n) is 3.68. The summed E-state index contributed by atoms with van der Waals surface area (Å²) in [6, 6.07) is 9.71. The van der Waals surface area contributed by atoms with E-state index < -0.39 is 29.4 Å². The van der Waals surface area contributed by atoms with E-state index in [9.17, 15) is 36.2 Å². The lowest BCUT2D eigenvalue weighted by Gasteiger charge is -2.33. The van der Waals surface area contributed by atoms with E-state index in [4.69, 9.17) is 10.2 Å². The summed E-state index contributed by atoms with van der Waals surface area (Å²) in [6.07, 6.45) is -11.5. The predicted molar refractivity (Wildman–Crippen MR) is 119 cm³/mol. The average molecular weight is 515 g/mol. The van der Waals surface area contributed by atoms with Gasteiger partial charge in [-0.1, -0.05) is 25.1 Å². The maximum atomic E-state index is 13.2. The zero-order valence-electron chi connectivity index (χ0n) is 19.2. The zero-order valence-corrected chi connectivity index (χ0v) is 19.2. The summed E-state index contributed by atoms with van der Waals surface area (Å²) in [5.41, 5.74) is 0.580. The summed E-state index contributed by atoms with van der Waals surface area (Å²) in [6.45, 7) is 4.05. The molecule has 0 saturated carbocycles. The number of nitrogens with two attached hydrogens (primary N) is 1.